The van der Waals surface area contributed by atoms with Crippen molar-refractivity contribution in [2.45, 2.75) is 45.6 Å². The van der Waals surface area contributed by atoms with Gasteiger partial charge in [0, 0.05) is 5.69 Å². The molecule has 0 radical (unpaired) electrons. The van der Waals surface area contributed by atoms with Gasteiger partial charge in [0.2, 0.25) is 15.9 Å². The number of methoxy groups -OCH3 is 1. The number of amides is 1. The van der Waals surface area contributed by atoms with Crippen molar-refractivity contribution in [3.8, 4) is 0 Å². The Kier molecular flexibility index (Phi) is 6.81. The molecular formula is C21H26N2O5S. The van der Waals surface area contributed by atoms with Crippen molar-refractivity contribution in [1.82, 2.24) is 4.72 Å². The number of hydrogen-bond acceptors (Lipinski definition) is 5. The third kappa shape index (κ3) is 5.02. The Morgan fingerprint density at radius 1 is 0.966 bits per heavy atom. The smallest absolute Gasteiger partial charge is 0.337 e. The summed E-state index contributed by atoms with van der Waals surface area (Å²) in [6.07, 6.45) is 0. The minimum atomic E-state index is -3.90. The largest absolute Gasteiger partial charge is 0.465 e. The highest BCUT2D eigenvalue weighted by atomic mass is 32.2. The van der Waals surface area contributed by atoms with Crippen LogP contribution in [0.4, 0.5) is 5.69 Å². The van der Waals surface area contributed by atoms with Gasteiger partial charge in [-0.25, -0.2) is 13.2 Å². The lowest BCUT2D eigenvalue weighted by atomic mass is 10.0. The molecule has 2 aromatic rings. The van der Waals surface area contributed by atoms with Gasteiger partial charge in [0.1, 0.15) is 0 Å². The normalized spacial score (nSPS) is 12.3. The molecule has 0 aliphatic heterocycles. The fraction of sp³-hybridized carbons (Fsp3) is 0.333. The first-order chi connectivity index (χ1) is 13.5. The predicted octanol–water partition coefficient (Wildman–Crippen LogP) is 3.01. The lowest BCUT2D eigenvalue weighted by Crippen LogP contribution is -2.42. The molecule has 2 rings (SSSR count). The second-order valence-corrected chi connectivity index (χ2v) is 8.64. The fourth-order valence-electron chi connectivity index (χ4n) is 2.99. The molecule has 0 aliphatic rings. The van der Waals surface area contributed by atoms with E-state index in [-0.39, 0.29) is 4.90 Å². The van der Waals surface area contributed by atoms with Crippen LogP contribution in [0.5, 0.6) is 0 Å². The summed E-state index contributed by atoms with van der Waals surface area (Å²) in [4.78, 5) is 24.1. The Labute approximate surface area is 171 Å². The zero-order valence-corrected chi connectivity index (χ0v) is 18.2. The Balaban J connectivity index is 2.18. The van der Waals surface area contributed by atoms with E-state index >= 15 is 0 Å². The van der Waals surface area contributed by atoms with Gasteiger partial charge in [0.15, 0.2) is 0 Å². The Bertz CT molecular complexity index is 1020. The SMILES string of the molecule is COC(=O)c1ccc(NC(=O)[C@H](C)NS(=O)(=O)c2c(C)c(C)cc(C)c2C)cc1. The molecule has 1 amide bonds. The number of carbonyl (C=O) groups excluding carboxylic acids is 2. The molecule has 0 spiro atoms. The van der Waals surface area contributed by atoms with Crippen LogP contribution in [0.1, 0.15) is 39.5 Å². The molecule has 0 saturated carbocycles. The number of hydrogen-bond donors (Lipinski definition) is 2. The van der Waals surface area contributed by atoms with Gasteiger partial charge in [-0.2, -0.15) is 4.72 Å². The number of esters is 1. The lowest BCUT2D eigenvalue weighted by Gasteiger charge is -2.19. The minimum absolute atomic E-state index is 0.206. The van der Waals surface area contributed by atoms with E-state index in [4.69, 9.17) is 0 Å². The third-order valence-electron chi connectivity index (χ3n) is 4.86. The summed E-state index contributed by atoms with van der Waals surface area (Å²) in [6.45, 7) is 8.70. The fourth-order valence-corrected chi connectivity index (χ4v) is 4.81. The van der Waals surface area contributed by atoms with Crippen LogP contribution in [0.25, 0.3) is 0 Å². The summed E-state index contributed by atoms with van der Waals surface area (Å²) in [7, 11) is -2.61. The van der Waals surface area contributed by atoms with Crippen molar-refractivity contribution in [1.29, 1.82) is 0 Å². The van der Waals surface area contributed by atoms with Crippen molar-refractivity contribution in [2.75, 3.05) is 12.4 Å². The Hall–Kier alpha value is -2.71. The molecular weight excluding hydrogens is 392 g/mol. The standard InChI is InChI=1S/C21H26N2O5S/c1-12-11-13(2)15(4)19(14(12)3)29(26,27)23-16(5)20(24)22-18-9-7-17(8-10-18)21(25)28-6/h7-11,16,23H,1-6H3,(H,22,24)/t16-/m0/s1. The number of rotatable bonds is 6. The molecule has 0 heterocycles. The van der Waals surface area contributed by atoms with Crippen LogP contribution in [0.2, 0.25) is 0 Å². The highest BCUT2D eigenvalue weighted by Crippen LogP contribution is 2.26. The van der Waals surface area contributed by atoms with E-state index in [1.807, 2.05) is 19.9 Å². The zero-order chi connectivity index (χ0) is 21.9. The number of sulfonamides is 1. The second-order valence-electron chi connectivity index (χ2n) is 6.99. The molecule has 156 valence electrons. The molecule has 0 bridgehead atoms. The third-order valence-corrected chi connectivity index (χ3v) is 6.68. The van der Waals surface area contributed by atoms with E-state index < -0.39 is 27.9 Å². The predicted molar refractivity (Wildman–Crippen MR) is 112 cm³/mol. The molecule has 0 saturated heterocycles. The first-order valence-electron chi connectivity index (χ1n) is 9.07. The van der Waals surface area contributed by atoms with E-state index in [0.29, 0.717) is 22.4 Å². The molecule has 0 unspecified atom stereocenters. The van der Waals surface area contributed by atoms with Gasteiger partial charge in [-0.3, -0.25) is 4.79 Å². The van der Waals surface area contributed by atoms with Gasteiger partial charge in [0.25, 0.3) is 0 Å². The molecule has 29 heavy (non-hydrogen) atoms. The quantitative estimate of drug-likeness (QED) is 0.702. The summed E-state index contributed by atoms with van der Waals surface area (Å²) in [5.41, 5.74) is 3.85. The maximum Gasteiger partial charge on any atom is 0.337 e. The first-order valence-corrected chi connectivity index (χ1v) is 10.5. The van der Waals surface area contributed by atoms with Crippen LogP contribution in [0.15, 0.2) is 35.2 Å². The molecule has 8 heteroatoms. The maximum atomic E-state index is 13.0. The molecule has 0 aliphatic carbocycles. The summed E-state index contributed by atoms with van der Waals surface area (Å²) >= 11 is 0. The highest BCUT2D eigenvalue weighted by Gasteiger charge is 2.26. The number of nitrogens with one attached hydrogen (secondary N) is 2. The average molecular weight is 419 g/mol. The monoisotopic (exact) mass is 418 g/mol. The summed E-state index contributed by atoms with van der Waals surface area (Å²) in [6, 6.07) is 7.06. The van der Waals surface area contributed by atoms with Crippen molar-refractivity contribution in [2.24, 2.45) is 0 Å². The van der Waals surface area contributed by atoms with Crippen LogP contribution in [0.3, 0.4) is 0 Å². The van der Waals surface area contributed by atoms with Gasteiger partial charge in [0.05, 0.1) is 23.6 Å². The van der Waals surface area contributed by atoms with Crippen molar-refractivity contribution >= 4 is 27.6 Å². The molecule has 2 aromatic carbocycles. The number of aryl methyl sites for hydroxylation is 2. The average Bonchev–Trinajstić information content (AvgIpc) is 2.66. The summed E-state index contributed by atoms with van der Waals surface area (Å²) < 4.78 is 33.0. The van der Waals surface area contributed by atoms with Crippen LogP contribution >= 0.6 is 0 Å². The van der Waals surface area contributed by atoms with E-state index in [1.165, 1.54) is 26.2 Å². The Morgan fingerprint density at radius 3 is 1.97 bits per heavy atom. The number of anilines is 1. The Morgan fingerprint density at radius 2 is 1.48 bits per heavy atom. The maximum absolute atomic E-state index is 13.0. The summed E-state index contributed by atoms with van der Waals surface area (Å²) in [5.74, 6) is -0.998. The molecule has 0 aromatic heterocycles. The number of ether oxygens (including phenoxy) is 1. The van der Waals surface area contributed by atoms with Gasteiger partial charge in [-0.1, -0.05) is 6.07 Å². The zero-order valence-electron chi connectivity index (χ0n) is 17.4. The van der Waals surface area contributed by atoms with E-state index in [1.54, 1.807) is 26.0 Å². The van der Waals surface area contributed by atoms with E-state index in [0.717, 1.165) is 11.1 Å². The van der Waals surface area contributed by atoms with Crippen LogP contribution in [-0.2, 0) is 19.6 Å². The van der Waals surface area contributed by atoms with Gasteiger partial charge < -0.3 is 10.1 Å². The van der Waals surface area contributed by atoms with Gasteiger partial charge in [-0.05, 0) is 81.1 Å². The minimum Gasteiger partial charge on any atom is -0.465 e. The highest BCUT2D eigenvalue weighted by molar-refractivity contribution is 7.89. The molecule has 7 nitrogen and oxygen atoms in total. The molecule has 2 N–H and O–H groups in total. The molecule has 0 fully saturated rings. The number of carbonyl (C=O) groups is 2. The van der Waals surface area contributed by atoms with E-state index in [2.05, 4.69) is 14.8 Å². The van der Waals surface area contributed by atoms with Gasteiger partial charge >= 0.3 is 5.97 Å². The van der Waals surface area contributed by atoms with Crippen molar-refractivity contribution < 1.29 is 22.7 Å². The van der Waals surface area contributed by atoms with Crippen LogP contribution in [-0.4, -0.2) is 33.4 Å². The van der Waals surface area contributed by atoms with Crippen LogP contribution in [0, 0.1) is 27.7 Å². The summed E-state index contributed by atoms with van der Waals surface area (Å²) in [5, 5.41) is 2.63. The molecule has 1 atom stereocenters. The van der Waals surface area contributed by atoms with Crippen molar-refractivity contribution in [3.05, 3.63) is 58.1 Å². The van der Waals surface area contributed by atoms with Crippen LogP contribution < -0.4 is 10.0 Å². The van der Waals surface area contributed by atoms with E-state index in [9.17, 15) is 18.0 Å². The first kappa shape index (κ1) is 22.6. The number of benzene rings is 2. The topological polar surface area (TPSA) is 102 Å². The van der Waals surface area contributed by atoms with Gasteiger partial charge in [-0.15, -0.1) is 0 Å². The lowest BCUT2D eigenvalue weighted by molar-refractivity contribution is -0.117. The van der Waals surface area contributed by atoms with Crippen molar-refractivity contribution in [3.63, 3.8) is 0 Å². The second kappa shape index (κ2) is 8.75.